The lowest BCUT2D eigenvalue weighted by Crippen LogP contribution is -2.49. The Kier molecular flexibility index (Phi) is 5.31. The summed E-state index contributed by atoms with van der Waals surface area (Å²) in [5.74, 6) is 0.419. The van der Waals surface area contributed by atoms with Crippen LogP contribution in [0.2, 0.25) is 0 Å². The van der Waals surface area contributed by atoms with Crippen LogP contribution in [0.1, 0.15) is 0 Å². The van der Waals surface area contributed by atoms with Crippen LogP contribution in [0.3, 0.4) is 0 Å². The van der Waals surface area contributed by atoms with Gasteiger partial charge in [0.1, 0.15) is 18.2 Å². The molecule has 3 aromatic heterocycles. The van der Waals surface area contributed by atoms with E-state index >= 15 is 0 Å². The van der Waals surface area contributed by atoms with E-state index in [9.17, 15) is 9.90 Å². The van der Waals surface area contributed by atoms with Gasteiger partial charge < -0.3 is 19.7 Å². The molecule has 0 saturated carbocycles. The highest BCUT2D eigenvalue weighted by Crippen LogP contribution is 2.17. The molecule has 1 saturated heterocycles. The van der Waals surface area contributed by atoms with Gasteiger partial charge in [0.25, 0.3) is 5.56 Å². The maximum absolute atomic E-state index is 12.1. The quantitative estimate of drug-likeness (QED) is 0.495. The number of piperazine rings is 1. The third kappa shape index (κ3) is 4.12. The Bertz CT molecular complexity index is 1230. The number of fused-ring (bicyclic) bond motifs is 3. The number of benzene rings is 1. The van der Waals surface area contributed by atoms with Crippen LogP contribution in [-0.2, 0) is 0 Å². The van der Waals surface area contributed by atoms with Crippen LogP contribution in [0.5, 0.6) is 5.88 Å². The lowest BCUT2D eigenvalue weighted by molar-refractivity contribution is 0.0648. The molecule has 0 amide bonds. The fourth-order valence-corrected chi connectivity index (χ4v) is 4.09. The van der Waals surface area contributed by atoms with Gasteiger partial charge >= 0.3 is 0 Å². The molecule has 4 heterocycles. The molecule has 1 aliphatic rings. The zero-order valence-electron chi connectivity index (χ0n) is 17.1. The fraction of sp³-hybridized carbons (Fsp3) is 0.304. The van der Waals surface area contributed by atoms with E-state index in [1.165, 1.54) is 5.69 Å². The van der Waals surface area contributed by atoms with E-state index in [-0.39, 0.29) is 12.2 Å². The molecule has 8 heteroatoms. The van der Waals surface area contributed by atoms with Gasteiger partial charge in [-0.3, -0.25) is 14.1 Å². The first kappa shape index (κ1) is 19.6. The van der Waals surface area contributed by atoms with Crippen LogP contribution >= 0.6 is 0 Å². The summed E-state index contributed by atoms with van der Waals surface area (Å²) in [4.78, 5) is 24.0. The third-order valence-electron chi connectivity index (χ3n) is 5.69. The standard InChI is InChI=1S/C23H25N5O3/c29-18(15-26-11-13-27(14-12-26)17-5-2-1-3-6-17)16-31-21-9-8-19-22(25-21)28-10-4-7-20(28)23(30)24-19/h1-10,18,29H,11-16H2,(H,24,30). The largest absolute Gasteiger partial charge is 0.475 e. The number of para-hydroxylation sites is 1. The summed E-state index contributed by atoms with van der Waals surface area (Å²) in [5.41, 5.74) is 2.87. The number of hydrogen-bond donors (Lipinski definition) is 2. The van der Waals surface area contributed by atoms with Gasteiger partial charge in [-0.05, 0) is 30.3 Å². The van der Waals surface area contributed by atoms with Crippen LogP contribution < -0.4 is 15.2 Å². The van der Waals surface area contributed by atoms with Crippen molar-refractivity contribution in [1.82, 2.24) is 19.3 Å². The predicted molar refractivity (Wildman–Crippen MR) is 120 cm³/mol. The van der Waals surface area contributed by atoms with Gasteiger partial charge in [0, 0.05) is 50.7 Å². The highest BCUT2D eigenvalue weighted by Gasteiger charge is 2.20. The molecule has 4 aromatic rings. The summed E-state index contributed by atoms with van der Waals surface area (Å²) in [7, 11) is 0. The molecule has 5 rings (SSSR count). The molecule has 160 valence electrons. The minimum Gasteiger partial charge on any atom is -0.475 e. The summed E-state index contributed by atoms with van der Waals surface area (Å²) in [6, 6.07) is 17.4. The summed E-state index contributed by atoms with van der Waals surface area (Å²) in [5, 5.41) is 10.5. The van der Waals surface area contributed by atoms with Crippen molar-refractivity contribution in [1.29, 1.82) is 0 Å². The van der Waals surface area contributed by atoms with Crippen LogP contribution in [0, 0.1) is 0 Å². The zero-order chi connectivity index (χ0) is 21.2. The third-order valence-corrected chi connectivity index (χ3v) is 5.69. The maximum Gasteiger partial charge on any atom is 0.272 e. The SMILES string of the molecule is O=c1[nH]c2ccc(OCC(O)CN3CCN(c4ccccc4)CC3)nc2n2cccc12. The molecular formula is C23H25N5O3. The summed E-state index contributed by atoms with van der Waals surface area (Å²) >= 11 is 0. The minimum atomic E-state index is -0.608. The van der Waals surface area contributed by atoms with Crippen molar-refractivity contribution in [3.63, 3.8) is 0 Å². The van der Waals surface area contributed by atoms with E-state index in [2.05, 4.69) is 44.0 Å². The Balaban J connectivity index is 1.17. The summed E-state index contributed by atoms with van der Waals surface area (Å²) in [6.07, 6.45) is 1.19. The van der Waals surface area contributed by atoms with Gasteiger partial charge in [-0.15, -0.1) is 0 Å². The van der Waals surface area contributed by atoms with Gasteiger partial charge in [-0.25, -0.2) is 0 Å². The number of aliphatic hydroxyl groups excluding tert-OH is 1. The van der Waals surface area contributed by atoms with E-state index < -0.39 is 6.10 Å². The Morgan fingerprint density at radius 3 is 2.65 bits per heavy atom. The van der Waals surface area contributed by atoms with E-state index in [0.29, 0.717) is 29.1 Å². The molecule has 31 heavy (non-hydrogen) atoms. The van der Waals surface area contributed by atoms with Crippen LogP contribution in [0.4, 0.5) is 5.69 Å². The monoisotopic (exact) mass is 419 g/mol. The van der Waals surface area contributed by atoms with Crippen molar-refractivity contribution in [3.8, 4) is 5.88 Å². The van der Waals surface area contributed by atoms with Gasteiger partial charge in [0.2, 0.25) is 5.88 Å². The second-order valence-corrected chi connectivity index (χ2v) is 7.83. The average molecular weight is 419 g/mol. The van der Waals surface area contributed by atoms with Gasteiger partial charge in [-0.1, -0.05) is 18.2 Å². The van der Waals surface area contributed by atoms with Crippen molar-refractivity contribution in [2.24, 2.45) is 0 Å². The highest BCUT2D eigenvalue weighted by molar-refractivity contribution is 5.74. The summed E-state index contributed by atoms with van der Waals surface area (Å²) < 4.78 is 7.50. The number of nitrogens with zero attached hydrogens (tertiary/aromatic N) is 4. The molecule has 1 atom stereocenters. The number of aromatic amines is 1. The van der Waals surface area contributed by atoms with Crippen LogP contribution in [-0.4, -0.2) is 69.8 Å². The van der Waals surface area contributed by atoms with E-state index in [1.54, 1.807) is 34.9 Å². The molecule has 0 radical (unpaired) electrons. The normalized spacial score (nSPS) is 16.1. The number of rotatable bonds is 6. The number of anilines is 1. The Labute approximate surface area is 179 Å². The van der Waals surface area contributed by atoms with Crippen molar-refractivity contribution < 1.29 is 9.84 Å². The Hall–Kier alpha value is -3.36. The second-order valence-electron chi connectivity index (χ2n) is 7.83. The first-order chi connectivity index (χ1) is 15.2. The molecule has 0 bridgehead atoms. The van der Waals surface area contributed by atoms with Crippen molar-refractivity contribution in [3.05, 3.63) is 71.1 Å². The number of ether oxygens (including phenoxy) is 1. The van der Waals surface area contributed by atoms with Crippen LogP contribution in [0.25, 0.3) is 16.7 Å². The van der Waals surface area contributed by atoms with Crippen molar-refractivity contribution in [2.45, 2.75) is 6.10 Å². The van der Waals surface area contributed by atoms with Gasteiger partial charge in [0.15, 0.2) is 5.65 Å². The van der Waals surface area contributed by atoms with E-state index in [0.717, 1.165) is 26.2 Å². The molecule has 1 unspecified atom stereocenters. The van der Waals surface area contributed by atoms with Crippen molar-refractivity contribution >= 4 is 22.4 Å². The van der Waals surface area contributed by atoms with Gasteiger partial charge in [0.05, 0.1) is 5.52 Å². The topological polar surface area (TPSA) is 86.1 Å². The van der Waals surface area contributed by atoms with Crippen LogP contribution in [0.15, 0.2) is 65.6 Å². The molecule has 8 nitrogen and oxygen atoms in total. The Morgan fingerprint density at radius 2 is 1.84 bits per heavy atom. The average Bonchev–Trinajstić information content (AvgIpc) is 3.30. The first-order valence-electron chi connectivity index (χ1n) is 10.5. The van der Waals surface area contributed by atoms with Gasteiger partial charge in [-0.2, -0.15) is 4.98 Å². The lowest BCUT2D eigenvalue weighted by Gasteiger charge is -2.36. The highest BCUT2D eigenvalue weighted by atomic mass is 16.5. The lowest BCUT2D eigenvalue weighted by atomic mass is 10.2. The molecular weight excluding hydrogens is 394 g/mol. The molecule has 1 aromatic carbocycles. The first-order valence-corrected chi connectivity index (χ1v) is 10.5. The molecule has 2 N–H and O–H groups in total. The second kappa shape index (κ2) is 8.41. The molecule has 1 fully saturated rings. The number of pyridine rings is 1. The number of aromatic nitrogens is 3. The smallest absolute Gasteiger partial charge is 0.272 e. The molecule has 0 spiro atoms. The number of aliphatic hydroxyl groups is 1. The van der Waals surface area contributed by atoms with E-state index in [1.807, 2.05) is 6.07 Å². The zero-order valence-corrected chi connectivity index (χ0v) is 17.1. The summed E-state index contributed by atoms with van der Waals surface area (Å²) in [6.45, 7) is 4.41. The Morgan fingerprint density at radius 1 is 1.03 bits per heavy atom. The predicted octanol–water partition coefficient (Wildman–Crippen LogP) is 1.74. The number of nitrogens with one attached hydrogen (secondary N) is 1. The number of β-amino-alcohol motifs (C(OH)–C–C–N with tert-alkyl or cyclic N) is 1. The maximum atomic E-state index is 12.1. The van der Waals surface area contributed by atoms with Crippen molar-refractivity contribution in [2.75, 3.05) is 44.2 Å². The minimum absolute atomic E-state index is 0.157. The molecule has 1 aliphatic heterocycles. The fourth-order valence-electron chi connectivity index (χ4n) is 4.09. The molecule has 0 aliphatic carbocycles. The number of hydrogen-bond acceptors (Lipinski definition) is 6. The van der Waals surface area contributed by atoms with E-state index in [4.69, 9.17) is 4.74 Å². The number of H-pyrrole nitrogens is 1.